The van der Waals surface area contributed by atoms with Gasteiger partial charge < -0.3 is 10.6 Å². The summed E-state index contributed by atoms with van der Waals surface area (Å²) in [7, 11) is 0. The highest BCUT2D eigenvalue weighted by Gasteiger charge is 2.61. The molecule has 20 heavy (non-hydrogen) atoms. The van der Waals surface area contributed by atoms with Crippen molar-refractivity contribution < 1.29 is 26.7 Å². The lowest BCUT2D eigenvalue weighted by Gasteiger charge is -2.29. The Bertz CT molecular complexity index is 503. The third-order valence-electron chi connectivity index (χ3n) is 3.33. The second-order valence-electron chi connectivity index (χ2n) is 4.56. The van der Waals surface area contributed by atoms with Crippen molar-refractivity contribution in [2.45, 2.75) is 12.6 Å². The number of halogens is 5. The number of hydrogen-bond donors (Lipinski definition) is 2. The third kappa shape index (κ3) is 2.35. The van der Waals surface area contributed by atoms with Gasteiger partial charge >= 0.3 is 6.18 Å². The Balaban J connectivity index is 2.31. The SMILES string of the molecule is O=C(Nc1c(F)cccc1F)C1(C(F)(F)F)CCNC1. The molecule has 1 fully saturated rings. The van der Waals surface area contributed by atoms with Crippen molar-refractivity contribution in [3.05, 3.63) is 29.8 Å². The highest BCUT2D eigenvalue weighted by atomic mass is 19.4. The van der Waals surface area contributed by atoms with Gasteiger partial charge in [-0.15, -0.1) is 0 Å². The van der Waals surface area contributed by atoms with Crippen LogP contribution in [0.1, 0.15) is 6.42 Å². The quantitative estimate of drug-likeness (QED) is 0.823. The van der Waals surface area contributed by atoms with Crippen molar-refractivity contribution in [1.29, 1.82) is 0 Å². The van der Waals surface area contributed by atoms with Gasteiger partial charge in [0.2, 0.25) is 5.91 Å². The summed E-state index contributed by atoms with van der Waals surface area (Å²) in [6, 6.07) is 2.76. The second kappa shape index (κ2) is 5.01. The fourth-order valence-corrected chi connectivity index (χ4v) is 2.11. The predicted octanol–water partition coefficient (Wildman–Crippen LogP) is 2.45. The molecule has 0 radical (unpaired) electrons. The van der Waals surface area contributed by atoms with Crippen molar-refractivity contribution in [3.8, 4) is 0 Å². The fourth-order valence-electron chi connectivity index (χ4n) is 2.11. The number of amides is 1. The molecule has 1 aromatic carbocycles. The number of nitrogens with one attached hydrogen (secondary N) is 2. The first-order chi connectivity index (χ1) is 9.28. The molecule has 1 aliphatic rings. The lowest BCUT2D eigenvalue weighted by molar-refractivity contribution is -0.213. The Morgan fingerprint density at radius 2 is 1.85 bits per heavy atom. The second-order valence-corrected chi connectivity index (χ2v) is 4.56. The van der Waals surface area contributed by atoms with Gasteiger partial charge in [-0.2, -0.15) is 13.2 Å². The minimum Gasteiger partial charge on any atom is -0.320 e. The normalized spacial score (nSPS) is 22.9. The molecule has 1 aromatic rings. The Labute approximate surface area is 111 Å². The first kappa shape index (κ1) is 14.7. The van der Waals surface area contributed by atoms with E-state index in [1.165, 1.54) is 0 Å². The van der Waals surface area contributed by atoms with Crippen molar-refractivity contribution in [2.75, 3.05) is 18.4 Å². The van der Waals surface area contributed by atoms with Gasteiger partial charge in [0, 0.05) is 6.54 Å². The lowest BCUT2D eigenvalue weighted by atomic mass is 9.85. The number of benzene rings is 1. The highest BCUT2D eigenvalue weighted by molar-refractivity contribution is 5.96. The van der Waals surface area contributed by atoms with Crippen LogP contribution < -0.4 is 10.6 Å². The van der Waals surface area contributed by atoms with Crippen LogP contribution >= 0.6 is 0 Å². The van der Waals surface area contributed by atoms with Crippen molar-refractivity contribution in [2.24, 2.45) is 5.41 Å². The van der Waals surface area contributed by atoms with Crippen LogP contribution in [0.3, 0.4) is 0 Å². The average Bonchev–Trinajstić information content (AvgIpc) is 2.83. The molecule has 0 bridgehead atoms. The van der Waals surface area contributed by atoms with Gasteiger partial charge in [-0.25, -0.2) is 8.78 Å². The molecule has 0 spiro atoms. The molecule has 1 amide bonds. The van der Waals surface area contributed by atoms with Crippen LogP contribution in [-0.4, -0.2) is 25.2 Å². The molecular formula is C12H11F5N2O. The van der Waals surface area contributed by atoms with E-state index in [-0.39, 0.29) is 6.54 Å². The number of para-hydroxylation sites is 1. The van der Waals surface area contributed by atoms with Crippen molar-refractivity contribution >= 4 is 11.6 Å². The molecule has 2 N–H and O–H groups in total. The van der Waals surface area contributed by atoms with Gasteiger partial charge in [0.05, 0.1) is 0 Å². The van der Waals surface area contributed by atoms with Crippen molar-refractivity contribution in [1.82, 2.24) is 5.32 Å². The summed E-state index contributed by atoms with van der Waals surface area (Å²) in [5.41, 5.74) is -3.53. The van der Waals surface area contributed by atoms with Crippen LogP contribution in [0, 0.1) is 17.0 Å². The standard InChI is InChI=1S/C12H11F5N2O/c13-7-2-1-3-8(14)9(7)19-10(20)11(12(15,16)17)4-5-18-6-11/h1-3,18H,4-6H2,(H,19,20). The monoisotopic (exact) mass is 294 g/mol. The molecule has 110 valence electrons. The Kier molecular flexibility index (Phi) is 3.68. The average molecular weight is 294 g/mol. The molecule has 1 aliphatic heterocycles. The lowest BCUT2D eigenvalue weighted by Crippen LogP contribution is -2.49. The van der Waals surface area contributed by atoms with Crippen LogP contribution in [0.4, 0.5) is 27.6 Å². The van der Waals surface area contributed by atoms with E-state index in [9.17, 15) is 26.7 Å². The Hall–Kier alpha value is -1.70. The highest BCUT2D eigenvalue weighted by Crippen LogP contribution is 2.44. The summed E-state index contributed by atoms with van der Waals surface area (Å²) < 4.78 is 66.0. The van der Waals surface area contributed by atoms with Crippen LogP contribution in [-0.2, 0) is 4.79 Å². The van der Waals surface area contributed by atoms with Crippen molar-refractivity contribution in [3.63, 3.8) is 0 Å². The number of anilines is 1. The maximum atomic E-state index is 13.4. The van der Waals surface area contributed by atoms with E-state index in [2.05, 4.69) is 5.32 Å². The van der Waals surface area contributed by atoms with E-state index in [1.54, 1.807) is 5.32 Å². The zero-order valence-electron chi connectivity index (χ0n) is 10.2. The Morgan fingerprint density at radius 1 is 1.25 bits per heavy atom. The molecule has 0 aromatic heterocycles. The number of carbonyl (C=O) groups excluding carboxylic acids is 1. The molecule has 1 saturated heterocycles. The summed E-state index contributed by atoms with van der Waals surface area (Å²) in [6.45, 7) is -0.606. The van der Waals surface area contributed by atoms with E-state index in [0.29, 0.717) is 0 Å². The van der Waals surface area contributed by atoms with Crippen LogP contribution in [0.15, 0.2) is 18.2 Å². The molecule has 1 heterocycles. The molecule has 8 heteroatoms. The fraction of sp³-hybridized carbons (Fsp3) is 0.417. The maximum absolute atomic E-state index is 13.4. The van der Waals surface area contributed by atoms with E-state index < -0.39 is 47.8 Å². The number of hydrogen-bond acceptors (Lipinski definition) is 2. The third-order valence-corrected chi connectivity index (χ3v) is 3.33. The molecule has 0 saturated carbocycles. The number of alkyl halides is 3. The van der Waals surface area contributed by atoms with E-state index in [1.807, 2.05) is 0 Å². The largest absolute Gasteiger partial charge is 0.404 e. The Morgan fingerprint density at radius 3 is 2.30 bits per heavy atom. The summed E-state index contributed by atoms with van der Waals surface area (Å²) in [5, 5.41) is 4.17. The van der Waals surface area contributed by atoms with E-state index in [4.69, 9.17) is 0 Å². The molecule has 2 rings (SSSR count). The van der Waals surface area contributed by atoms with Gasteiger partial charge in [-0.05, 0) is 25.1 Å². The number of carbonyl (C=O) groups is 1. The van der Waals surface area contributed by atoms with Crippen LogP contribution in [0.25, 0.3) is 0 Å². The molecule has 3 nitrogen and oxygen atoms in total. The van der Waals surface area contributed by atoms with Gasteiger partial charge in [-0.1, -0.05) is 6.07 Å². The zero-order valence-corrected chi connectivity index (χ0v) is 10.2. The first-order valence-electron chi connectivity index (χ1n) is 5.81. The summed E-state index contributed by atoms with van der Waals surface area (Å²) in [5.74, 6) is -3.71. The van der Waals surface area contributed by atoms with Crippen LogP contribution in [0.5, 0.6) is 0 Å². The summed E-state index contributed by atoms with van der Waals surface area (Å²) in [6.07, 6.45) is -5.28. The van der Waals surface area contributed by atoms with Gasteiger partial charge in [0.25, 0.3) is 0 Å². The predicted molar refractivity (Wildman–Crippen MR) is 61.0 cm³/mol. The van der Waals surface area contributed by atoms with Gasteiger partial charge in [0.15, 0.2) is 5.41 Å². The molecular weight excluding hydrogens is 283 g/mol. The molecule has 1 unspecified atom stereocenters. The van der Waals surface area contributed by atoms with Gasteiger partial charge in [0.1, 0.15) is 17.3 Å². The van der Waals surface area contributed by atoms with Gasteiger partial charge in [-0.3, -0.25) is 4.79 Å². The number of rotatable bonds is 2. The minimum atomic E-state index is -4.80. The molecule has 0 aliphatic carbocycles. The summed E-state index contributed by atoms with van der Waals surface area (Å²) >= 11 is 0. The van der Waals surface area contributed by atoms with E-state index in [0.717, 1.165) is 18.2 Å². The maximum Gasteiger partial charge on any atom is 0.404 e. The zero-order chi connectivity index (χ0) is 15.0. The van der Waals surface area contributed by atoms with E-state index >= 15 is 0 Å². The summed E-state index contributed by atoms with van der Waals surface area (Å²) in [4.78, 5) is 11.9. The van der Waals surface area contributed by atoms with Crippen LogP contribution in [0.2, 0.25) is 0 Å². The topological polar surface area (TPSA) is 41.1 Å². The smallest absolute Gasteiger partial charge is 0.320 e. The molecule has 1 atom stereocenters. The minimum absolute atomic E-state index is 0.00663. The first-order valence-corrected chi connectivity index (χ1v) is 5.81.